The van der Waals surface area contributed by atoms with Gasteiger partial charge in [-0.15, -0.1) is 0 Å². The van der Waals surface area contributed by atoms with Crippen molar-refractivity contribution in [1.29, 1.82) is 0 Å². The van der Waals surface area contributed by atoms with Crippen LogP contribution in [0.25, 0.3) is 16.6 Å². The van der Waals surface area contributed by atoms with Crippen LogP contribution in [0.3, 0.4) is 0 Å². The molecular weight excluding hydrogens is 456 g/mol. The van der Waals surface area contributed by atoms with Gasteiger partial charge >= 0.3 is 0 Å². The molecule has 36 heavy (non-hydrogen) atoms. The third-order valence-electron chi connectivity index (χ3n) is 3.56. The molecule has 0 fully saturated rings. The molecule has 1 amide bonds. The first-order valence-corrected chi connectivity index (χ1v) is 12.3. The Kier molecular flexibility index (Phi) is 19.8. The second-order valence-corrected chi connectivity index (χ2v) is 7.50. The molecule has 4 N–H and O–H groups in total. The van der Waals surface area contributed by atoms with Crippen LogP contribution in [-0.4, -0.2) is 43.9 Å². The summed E-state index contributed by atoms with van der Waals surface area (Å²) in [6.07, 6.45) is 4.56. The predicted molar refractivity (Wildman–Crippen MR) is 151 cm³/mol. The van der Waals surface area contributed by atoms with E-state index in [1.807, 2.05) is 46.8 Å². The molecule has 3 heterocycles. The van der Waals surface area contributed by atoms with E-state index in [0.29, 0.717) is 35.5 Å². The van der Waals surface area contributed by atoms with Crippen molar-refractivity contribution >= 4 is 34.9 Å². The van der Waals surface area contributed by atoms with Crippen molar-refractivity contribution < 1.29 is 19.8 Å². The van der Waals surface area contributed by atoms with Crippen LogP contribution in [0.1, 0.15) is 71.6 Å². The number of fused-ring (bicyclic) bond motifs is 2. The highest BCUT2D eigenvalue weighted by Gasteiger charge is 2.00. The third-order valence-corrected chi connectivity index (χ3v) is 3.56. The number of hydrogen-bond acceptors (Lipinski definition) is 5. The lowest BCUT2D eigenvalue weighted by molar-refractivity contribution is -0.105. The molecule has 3 aromatic heterocycles. The van der Waals surface area contributed by atoms with Crippen LogP contribution in [0.15, 0.2) is 48.8 Å². The number of pyridine rings is 1. The minimum absolute atomic E-state index is 0.250. The number of aromatic amines is 1. The molecule has 4 rings (SSSR count). The minimum atomic E-state index is 0.250. The number of anilines is 1. The van der Waals surface area contributed by atoms with E-state index < -0.39 is 0 Å². The van der Waals surface area contributed by atoms with Gasteiger partial charge in [0.25, 0.3) is 0 Å². The number of benzene rings is 1. The number of imidazole rings is 1. The topological polar surface area (TPSA) is 120 Å². The molecule has 0 spiro atoms. The number of aryl methyl sites for hydroxylation is 1. The molecule has 0 saturated heterocycles. The van der Waals surface area contributed by atoms with Crippen LogP contribution in [0.5, 0.6) is 5.75 Å². The molecule has 0 aliphatic carbocycles. The van der Waals surface area contributed by atoms with Crippen LogP contribution in [-0.2, 0) is 4.79 Å². The number of hydrogen-bond donors (Lipinski definition) is 4. The molecule has 0 aliphatic rings. The van der Waals surface area contributed by atoms with Crippen LogP contribution in [0.4, 0.5) is 5.69 Å². The monoisotopic (exact) mass is 500 g/mol. The van der Waals surface area contributed by atoms with Gasteiger partial charge in [0.2, 0.25) is 6.41 Å². The molecule has 0 radical (unpaired) electrons. The Balaban J connectivity index is 0. The summed E-state index contributed by atoms with van der Waals surface area (Å²) >= 11 is 0. The number of phenols is 1. The molecular formula is C28H44N4O4. The number of aromatic nitrogens is 3. The summed E-state index contributed by atoms with van der Waals surface area (Å²) in [5.74, 6) is 1.15. The first-order chi connectivity index (χ1) is 17.2. The van der Waals surface area contributed by atoms with Crippen molar-refractivity contribution in [3.05, 3.63) is 60.2 Å². The molecule has 0 saturated carbocycles. The highest BCUT2D eigenvalue weighted by molar-refractivity contribution is 5.81. The molecule has 0 aliphatic heterocycles. The van der Waals surface area contributed by atoms with Crippen LogP contribution in [0, 0.1) is 12.8 Å². The summed E-state index contributed by atoms with van der Waals surface area (Å²) in [6, 6.07) is 10.7. The Morgan fingerprint density at radius 3 is 2.14 bits per heavy atom. The zero-order valence-corrected chi connectivity index (χ0v) is 23.2. The Hall–Kier alpha value is -3.65. The van der Waals surface area contributed by atoms with Gasteiger partial charge in [0.15, 0.2) is 6.29 Å². The summed E-state index contributed by atoms with van der Waals surface area (Å²) < 4.78 is 1.68. The second kappa shape index (κ2) is 20.7. The predicted octanol–water partition coefficient (Wildman–Crippen LogP) is 6.61. The Morgan fingerprint density at radius 1 is 1.03 bits per heavy atom. The SMILES string of the molecule is CC.CC.CC(C)C.CCO.Cc1cc2cc(O)ccc2[nH]1.O=CNc1ccc2nc(C=O)cn2c1. The van der Waals surface area contributed by atoms with Gasteiger partial charge in [-0.2, -0.15) is 0 Å². The summed E-state index contributed by atoms with van der Waals surface area (Å²) in [6.45, 7) is 18.4. The fraction of sp³-hybridized carbons (Fsp3) is 0.393. The van der Waals surface area contributed by atoms with Crippen molar-refractivity contribution in [1.82, 2.24) is 14.4 Å². The number of aliphatic hydroxyl groups excluding tert-OH is 1. The lowest BCUT2D eigenvalue weighted by atomic mass is 10.2. The summed E-state index contributed by atoms with van der Waals surface area (Å²) in [5, 5.41) is 20.3. The molecule has 8 heteroatoms. The van der Waals surface area contributed by atoms with Gasteiger partial charge in [0, 0.05) is 35.6 Å². The summed E-state index contributed by atoms with van der Waals surface area (Å²) in [7, 11) is 0. The smallest absolute Gasteiger partial charge is 0.211 e. The van der Waals surface area contributed by atoms with Crippen molar-refractivity contribution in [2.24, 2.45) is 5.92 Å². The van der Waals surface area contributed by atoms with Crippen LogP contribution in [0.2, 0.25) is 0 Å². The normalized spacial score (nSPS) is 8.97. The fourth-order valence-electron chi connectivity index (χ4n) is 2.49. The second-order valence-electron chi connectivity index (χ2n) is 7.50. The van der Waals surface area contributed by atoms with Gasteiger partial charge in [0.05, 0.1) is 5.69 Å². The highest BCUT2D eigenvalue weighted by Crippen LogP contribution is 2.19. The number of amides is 1. The maximum atomic E-state index is 10.4. The maximum absolute atomic E-state index is 10.4. The van der Waals surface area contributed by atoms with Gasteiger partial charge in [-0.3, -0.25) is 9.59 Å². The van der Waals surface area contributed by atoms with E-state index in [0.717, 1.165) is 22.5 Å². The molecule has 8 nitrogen and oxygen atoms in total. The Bertz CT molecular complexity index is 1110. The number of nitrogens with one attached hydrogen (secondary N) is 2. The molecule has 0 unspecified atom stereocenters. The lowest BCUT2D eigenvalue weighted by Gasteiger charge is -1.98. The first kappa shape index (κ1) is 34.5. The van der Waals surface area contributed by atoms with Crippen molar-refractivity contribution in [3.8, 4) is 5.75 Å². The Labute approximate surface area is 215 Å². The molecule has 200 valence electrons. The number of carbonyl (C=O) groups is 2. The van der Waals surface area contributed by atoms with Crippen molar-refractivity contribution in [3.63, 3.8) is 0 Å². The summed E-state index contributed by atoms with van der Waals surface area (Å²) in [5.41, 5.74) is 3.88. The number of aromatic hydroxyl groups is 1. The van der Waals surface area contributed by atoms with Gasteiger partial charge < -0.3 is 24.9 Å². The molecule has 0 atom stereocenters. The largest absolute Gasteiger partial charge is 0.508 e. The average molecular weight is 501 g/mol. The van der Waals surface area contributed by atoms with E-state index in [-0.39, 0.29) is 6.61 Å². The highest BCUT2D eigenvalue weighted by atomic mass is 16.3. The minimum Gasteiger partial charge on any atom is -0.508 e. The zero-order chi connectivity index (χ0) is 28.1. The quantitative estimate of drug-likeness (QED) is 0.236. The van der Waals surface area contributed by atoms with Crippen LogP contribution >= 0.6 is 0 Å². The van der Waals surface area contributed by atoms with Gasteiger partial charge in [-0.25, -0.2) is 4.98 Å². The number of H-pyrrole nitrogens is 1. The van der Waals surface area contributed by atoms with Crippen molar-refractivity contribution in [2.45, 2.75) is 62.3 Å². The number of phenolic OH excluding ortho intramolecular Hbond substituents is 1. The van der Waals surface area contributed by atoms with Crippen LogP contribution < -0.4 is 5.32 Å². The maximum Gasteiger partial charge on any atom is 0.211 e. The lowest BCUT2D eigenvalue weighted by Crippen LogP contribution is -1.95. The van der Waals surface area contributed by atoms with E-state index in [1.165, 1.54) is 0 Å². The van der Waals surface area contributed by atoms with E-state index in [9.17, 15) is 9.59 Å². The number of aldehydes is 1. The molecule has 0 bridgehead atoms. The standard InChI is InChI=1S/C9H7N3O2.C9H9NO.C4H10.C2H6O.2C2H6/c13-5-8-4-12-3-7(10-6-14)1-2-9(12)11-8;1-6-4-7-5-8(11)2-3-9(7)10-6;1-4(2)3;1-2-3;2*1-2/h1-6H,(H,10,14);2-5,10-11H,1H3;4H,1-3H3;3H,2H2,1H3;2*1-2H3. The van der Waals surface area contributed by atoms with Gasteiger partial charge in [0.1, 0.15) is 17.1 Å². The van der Waals surface area contributed by atoms with Gasteiger partial charge in [-0.1, -0.05) is 48.5 Å². The fourth-order valence-corrected chi connectivity index (χ4v) is 2.49. The van der Waals surface area contributed by atoms with Crippen molar-refractivity contribution in [2.75, 3.05) is 11.9 Å². The number of aliphatic hydroxyl groups is 1. The number of carbonyl (C=O) groups excluding carboxylic acids is 2. The average Bonchev–Trinajstić information content (AvgIpc) is 3.44. The zero-order valence-electron chi connectivity index (χ0n) is 23.2. The van der Waals surface area contributed by atoms with E-state index in [2.05, 4.69) is 36.1 Å². The molecule has 4 aromatic rings. The number of rotatable bonds is 3. The Morgan fingerprint density at radius 2 is 1.61 bits per heavy atom. The summed E-state index contributed by atoms with van der Waals surface area (Å²) in [4.78, 5) is 27.8. The molecule has 1 aromatic carbocycles. The van der Waals surface area contributed by atoms with E-state index in [4.69, 9.17) is 10.2 Å². The van der Waals surface area contributed by atoms with E-state index in [1.54, 1.807) is 48.0 Å². The first-order valence-electron chi connectivity index (χ1n) is 12.3. The number of nitrogens with zero attached hydrogens (tertiary/aromatic N) is 2. The third kappa shape index (κ3) is 13.9. The van der Waals surface area contributed by atoms with E-state index >= 15 is 0 Å². The van der Waals surface area contributed by atoms with Gasteiger partial charge in [-0.05, 0) is 56.2 Å².